The molecule has 0 amide bonds. The number of hydrogen-bond acceptors (Lipinski definition) is 4. The van der Waals surface area contributed by atoms with E-state index in [1.165, 1.54) is 38.2 Å². The second-order valence-electron chi connectivity index (χ2n) is 9.50. The number of carbonyl (C=O) groups is 2. The van der Waals surface area contributed by atoms with Crippen LogP contribution in [0.15, 0.2) is 11.6 Å². The van der Waals surface area contributed by atoms with Gasteiger partial charge in [-0.1, -0.05) is 19.4 Å². The molecule has 4 aliphatic rings. The number of hydrogen-bond donors (Lipinski definition) is 0. The number of ketones is 1. The fourth-order valence-corrected chi connectivity index (χ4v) is 6.98. The van der Waals surface area contributed by atoms with Crippen LogP contribution >= 0.6 is 0 Å². The molecule has 0 aliphatic heterocycles. The molecule has 0 aromatic carbocycles. The van der Waals surface area contributed by atoms with Crippen molar-refractivity contribution in [2.75, 3.05) is 6.79 Å². The van der Waals surface area contributed by atoms with Gasteiger partial charge in [0.15, 0.2) is 12.6 Å². The second-order valence-corrected chi connectivity index (χ2v) is 9.50. The summed E-state index contributed by atoms with van der Waals surface area (Å²) in [4.78, 5) is 22.9. The van der Waals surface area contributed by atoms with Crippen LogP contribution in [0, 0.1) is 28.6 Å². The summed E-state index contributed by atoms with van der Waals surface area (Å²) < 4.78 is 11.0. The maximum Gasteiger partial charge on any atom is 0.304 e. The van der Waals surface area contributed by atoms with E-state index in [9.17, 15) is 9.59 Å². The zero-order valence-electron chi connectivity index (χ0n) is 16.4. The summed E-state index contributed by atoms with van der Waals surface area (Å²) in [6, 6.07) is 0. The minimum atomic E-state index is -0.278. The van der Waals surface area contributed by atoms with E-state index in [0.29, 0.717) is 17.6 Å². The van der Waals surface area contributed by atoms with Crippen molar-refractivity contribution >= 4 is 11.8 Å². The number of rotatable bonds is 3. The summed E-state index contributed by atoms with van der Waals surface area (Å²) >= 11 is 0. The Balaban J connectivity index is 1.52. The molecule has 0 aromatic heterocycles. The maximum absolute atomic E-state index is 11.9. The zero-order chi connectivity index (χ0) is 18.5. The van der Waals surface area contributed by atoms with E-state index in [-0.39, 0.29) is 29.7 Å². The molecule has 4 aliphatic carbocycles. The van der Waals surface area contributed by atoms with Crippen LogP contribution in [0.25, 0.3) is 0 Å². The number of allylic oxidation sites excluding steroid dienone is 1. The average Bonchev–Trinajstić information content (AvgIpc) is 2.92. The van der Waals surface area contributed by atoms with Crippen molar-refractivity contribution in [3.05, 3.63) is 11.6 Å². The first kappa shape index (κ1) is 18.2. The second kappa shape index (κ2) is 6.47. The fraction of sp³-hybridized carbons (Fsp3) is 0.818. The molecule has 4 heteroatoms. The molecule has 3 fully saturated rings. The predicted molar refractivity (Wildman–Crippen MR) is 98.2 cm³/mol. The third-order valence-electron chi connectivity index (χ3n) is 8.41. The lowest BCUT2D eigenvalue weighted by Gasteiger charge is -2.57. The maximum atomic E-state index is 11.9. The van der Waals surface area contributed by atoms with E-state index in [2.05, 4.69) is 13.8 Å². The van der Waals surface area contributed by atoms with Gasteiger partial charge in [-0.25, -0.2) is 0 Å². The third-order valence-corrected chi connectivity index (χ3v) is 8.41. The lowest BCUT2D eigenvalue weighted by Crippen LogP contribution is -2.51. The summed E-state index contributed by atoms with van der Waals surface area (Å²) in [5, 5.41) is 0. The largest absolute Gasteiger partial charge is 0.439 e. The first-order valence-electron chi connectivity index (χ1n) is 10.3. The molecule has 3 saturated carbocycles. The van der Waals surface area contributed by atoms with Crippen LogP contribution in [-0.2, 0) is 19.1 Å². The summed E-state index contributed by atoms with van der Waals surface area (Å²) in [7, 11) is 0. The van der Waals surface area contributed by atoms with Crippen LogP contribution in [0.3, 0.4) is 0 Å². The molecule has 4 rings (SSSR count). The van der Waals surface area contributed by atoms with Crippen molar-refractivity contribution < 1.29 is 19.1 Å². The molecule has 26 heavy (non-hydrogen) atoms. The number of fused-ring (bicyclic) bond motifs is 5. The highest BCUT2D eigenvalue weighted by molar-refractivity contribution is 5.91. The van der Waals surface area contributed by atoms with Crippen LogP contribution in [0.2, 0.25) is 0 Å². The van der Waals surface area contributed by atoms with Gasteiger partial charge in [0, 0.05) is 13.3 Å². The highest BCUT2D eigenvalue weighted by Gasteiger charge is 2.59. The molecule has 144 valence electrons. The predicted octanol–water partition coefficient (Wildman–Crippen LogP) is 4.42. The normalized spacial score (nSPS) is 44.6. The van der Waals surface area contributed by atoms with E-state index in [1.807, 2.05) is 6.08 Å². The zero-order valence-corrected chi connectivity index (χ0v) is 16.4. The van der Waals surface area contributed by atoms with E-state index in [0.717, 1.165) is 31.6 Å². The molecule has 0 bridgehead atoms. The first-order chi connectivity index (χ1) is 12.3. The molecule has 0 N–H and O–H groups in total. The van der Waals surface area contributed by atoms with E-state index in [1.54, 1.807) is 0 Å². The standard InChI is InChI=1S/C22H32O4/c1-14(23)25-13-26-20-7-6-18-17-5-4-15-12-16(24)8-10-21(15,2)19(17)9-11-22(18,20)3/h12,17-20H,4-11,13H2,1-3H3/t17-,18-,19-,20-,21-,22-/m0/s1. The SMILES string of the molecule is CC(=O)OCO[C@H]1CC[C@H]2[C@@H]3CCC4=CC(=O)CC[C@]4(C)[C@H]3CC[C@]12C. The lowest BCUT2D eigenvalue weighted by molar-refractivity contribution is -0.170. The van der Waals surface area contributed by atoms with Crippen LogP contribution in [0.1, 0.15) is 72.1 Å². The molecule has 6 atom stereocenters. The van der Waals surface area contributed by atoms with Crippen LogP contribution < -0.4 is 0 Å². The number of carbonyl (C=O) groups excluding carboxylic acids is 2. The van der Waals surface area contributed by atoms with Crippen LogP contribution in [0.4, 0.5) is 0 Å². The van der Waals surface area contributed by atoms with Crippen molar-refractivity contribution in [3.8, 4) is 0 Å². The Bertz CT molecular complexity index is 638. The third kappa shape index (κ3) is 2.76. The van der Waals surface area contributed by atoms with Gasteiger partial charge in [-0.3, -0.25) is 9.59 Å². The van der Waals surface area contributed by atoms with Gasteiger partial charge < -0.3 is 9.47 Å². The van der Waals surface area contributed by atoms with Crippen molar-refractivity contribution in [1.29, 1.82) is 0 Å². The van der Waals surface area contributed by atoms with E-state index < -0.39 is 0 Å². The van der Waals surface area contributed by atoms with E-state index >= 15 is 0 Å². The van der Waals surface area contributed by atoms with E-state index in [4.69, 9.17) is 9.47 Å². The summed E-state index contributed by atoms with van der Waals surface area (Å²) in [5.41, 5.74) is 1.86. The highest BCUT2D eigenvalue weighted by Crippen LogP contribution is 2.65. The molecular weight excluding hydrogens is 328 g/mol. The topological polar surface area (TPSA) is 52.6 Å². The minimum absolute atomic E-state index is 0.0864. The van der Waals surface area contributed by atoms with Crippen LogP contribution in [-0.4, -0.2) is 24.6 Å². The highest BCUT2D eigenvalue weighted by atomic mass is 16.7. The average molecular weight is 360 g/mol. The Morgan fingerprint density at radius 3 is 2.69 bits per heavy atom. The molecular formula is C22H32O4. The molecule has 0 radical (unpaired) electrons. The molecule has 0 heterocycles. The molecule has 0 unspecified atom stereocenters. The first-order valence-corrected chi connectivity index (χ1v) is 10.3. The molecule has 0 spiro atoms. The lowest BCUT2D eigenvalue weighted by atomic mass is 9.47. The van der Waals surface area contributed by atoms with Gasteiger partial charge in [0.25, 0.3) is 0 Å². The van der Waals surface area contributed by atoms with Gasteiger partial charge in [-0.05, 0) is 79.6 Å². The summed E-state index contributed by atoms with van der Waals surface area (Å²) in [6.45, 7) is 6.34. The van der Waals surface area contributed by atoms with Crippen molar-refractivity contribution in [1.82, 2.24) is 0 Å². The van der Waals surface area contributed by atoms with Crippen molar-refractivity contribution in [2.24, 2.45) is 28.6 Å². The Morgan fingerprint density at radius 2 is 1.92 bits per heavy atom. The Labute approximate surface area is 156 Å². The monoisotopic (exact) mass is 360 g/mol. The smallest absolute Gasteiger partial charge is 0.304 e. The Kier molecular flexibility index (Phi) is 4.53. The fourth-order valence-electron chi connectivity index (χ4n) is 6.98. The summed E-state index contributed by atoms with van der Waals surface area (Å²) in [5.74, 6) is 2.20. The van der Waals surface area contributed by atoms with Gasteiger partial charge in [0.1, 0.15) is 0 Å². The van der Waals surface area contributed by atoms with Gasteiger partial charge in [0.05, 0.1) is 6.10 Å². The Morgan fingerprint density at radius 1 is 1.12 bits per heavy atom. The quantitative estimate of drug-likeness (QED) is 0.552. The van der Waals surface area contributed by atoms with Crippen molar-refractivity contribution in [3.63, 3.8) is 0 Å². The van der Waals surface area contributed by atoms with Gasteiger partial charge in [-0.2, -0.15) is 0 Å². The summed E-state index contributed by atoms with van der Waals surface area (Å²) in [6.07, 6.45) is 10.9. The van der Waals surface area contributed by atoms with Gasteiger partial charge in [-0.15, -0.1) is 0 Å². The van der Waals surface area contributed by atoms with Crippen LogP contribution in [0.5, 0.6) is 0 Å². The number of ether oxygens (including phenoxy) is 2. The molecule has 0 aromatic rings. The van der Waals surface area contributed by atoms with Gasteiger partial charge in [0.2, 0.25) is 0 Å². The Hall–Kier alpha value is -1.16. The minimum Gasteiger partial charge on any atom is -0.439 e. The molecule has 0 saturated heterocycles. The van der Waals surface area contributed by atoms with Crippen molar-refractivity contribution in [2.45, 2.75) is 78.2 Å². The number of esters is 1. The molecule has 4 nitrogen and oxygen atoms in total. The van der Waals surface area contributed by atoms with Gasteiger partial charge >= 0.3 is 5.97 Å².